The summed E-state index contributed by atoms with van der Waals surface area (Å²) in [5.41, 5.74) is 25.4. The maximum atomic E-state index is 7.78. The molecule has 70 heavy (non-hydrogen) atoms. The highest BCUT2D eigenvalue weighted by molar-refractivity contribution is 7.00. The van der Waals surface area contributed by atoms with Crippen molar-refractivity contribution in [2.45, 2.75) is 174 Å². The van der Waals surface area contributed by atoms with Crippen LogP contribution in [0.5, 0.6) is 0 Å². The minimum atomic E-state index is -1.39. The van der Waals surface area contributed by atoms with E-state index < -0.39 is 8.80 Å². The number of fused-ring (bicyclic) bond motifs is 9. The van der Waals surface area contributed by atoms with Gasteiger partial charge in [0.1, 0.15) is 5.58 Å². The quantitative estimate of drug-likeness (QED) is 0.164. The number of furan rings is 1. The van der Waals surface area contributed by atoms with Crippen molar-refractivity contribution in [2.24, 2.45) is 0 Å². The van der Waals surface area contributed by atoms with Crippen LogP contribution in [0.2, 0.25) is 13.1 Å². The predicted molar refractivity (Wildman–Crippen MR) is 305 cm³/mol. The van der Waals surface area contributed by atoms with Gasteiger partial charge >= 0.3 is 0 Å². The van der Waals surface area contributed by atoms with Crippen molar-refractivity contribution < 1.29 is 4.42 Å². The maximum Gasteiger partial charge on any atom is 0.297 e. The van der Waals surface area contributed by atoms with Gasteiger partial charge in [-0.25, -0.2) is 0 Å². The molecule has 3 aliphatic carbocycles. The van der Waals surface area contributed by atoms with Gasteiger partial charge in [-0.1, -0.05) is 151 Å². The van der Waals surface area contributed by atoms with E-state index in [1.54, 1.807) is 0 Å². The van der Waals surface area contributed by atoms with E-state index in [1.165, 1.54) is 125 Å². The van der Waals surface area contributed by atoms with E-state index in [0.717, 1.165) is 30.5 Å². The second kappa shape index (κ2) is 14.9. The number of benzene rings is 6. The van der Waals surface area contributed by atoms with Crippen LogP contribution in [-0.2, 0) is 32.5 Å². The molecule has 0 unspecified atom stereocenters. The third-order valence-electron chi connectivity index (χ3n) is 18.8. The standard InChI is InChI=1S/C65H75BN2OSi/c1-39-31-53-57-54(32-39)68(52-33-41(21-24-56(52)70(14)15)40-19-17-16-18-20-40)58-43-35-46-49(65(12,13)30-27-62(46,6)7)38-55(43)69-59(58)66(57)50-36-47-48(64(10,11)29-28-63(47,8)9)37-51(50)67(53)42-22-23-44-45(34-42)61(4,5)26-25-60(44,2)3/h16-24,31-38,70H,25-30H2,1-15H3. The van der Waals surface area contributed by atoms with Crippen LogP contribution >= 0.6 is 0 Å². The van der Waals surface area contributed by atoms with E-state index >= 15 is 0 Å². The van der Waals surface area contributed by atoms with Crippen LogP contribution in [-0.4, -0.2) is 15.5 Å². The zero-order valence-electron chi connectivity index (χ0n) is 45.0. The molecule has 6 aromatic carbocycles. The van der Waals surface area contributed by atoms with Gasteiger partial charge in [-0.05, 0) is 193 Å². The van der Waals surface area contributed by atoms with Gasteiger partial charge in [-0.2, -0.15) is 0 Å². The number of rotatable bonds is 4. The molecule has 1 aromatic heterocycles. The maximum absolute atomic E-state index is 7.78. The normalized spacial score (nSPS) is 20.3. The van der Waals surface area contributed by atoms with Crippen LogP contribution < -0.4 is 31.6 Å². The molecule has 0 saturated heterocycles. The molecule has 0 atom stereocenters. The number of nitrogens with zero attached hydrogens (tertiary/aromatic N) is 2. The summed E-state index contributed by atoms with van der Waals surface area (Å²) in [6.45, 7) is 36.9. The lowest BCUT2D eigenvalue weighted by Gasteiger charge is -2.47. The number of aryl methyl sites for hydroxylation is 1. The second-order valence-corrected chi connectivity index (χ2v) is 29.7. The van der Waals surface area contributed by atoms with Gasteiger partial charge in [0.05, 0.1) is 20.1 Å². The third kappa shape index (κ3) is 6.64. The Labute approximate surface area is 421 Å². The molecule has 0 N–H and O–H groups in total. The topological polar surface area (TPSA) is 19.6 Å². The second-order valence-electron chi connectivity index (χ2n) is 26.8. The van der Waals surface area contributed by atoms with Gasteiger partial charge in [-0.3, -0.25) is 0 Å². The molecule has 0 amide bonds. The highest BCUT2D eigenvalue weighted by Crippen LogP contribution is 2.55. The molecule has 2 aliphatic heterocycles. The Hall–Kier alpha value is -5.26. The van der Waals surface area contributed by atoms with Crippen molar-refractivity contribution in [2.75, 3.05) is 9.80 Å². The summed E-state index contributed by atoms with van der Waals surface area (Å²) >= 11 is 0. The lowest BCUT2D eigenvalue weighted by molar-refractivity contribution is 0.332. The average molecular weight is 939 g/mol. The molecular formula is C65H75BN2OSi. The van der Waals surface area contributed by atoms with Crippen molar-refractivity contribution >= 4 is 82.4 Å². The van der Waals surface area contributed by atoms with Gasteiger partial charge in [0.25, 0.3) is 6.71 Å². The fourth-order valence-electron chi connectivity index (χ4n) is 14.0. The molecule has 0 fully saturated rings. The molecule has 0 bridgehead atoms. The minimum absolute atomic E-state index is 0.0326. The van der Waals surface area contributed by atoms with E-state index in [1.807, 2.05) is 0 Å². The zero-order valence-corrected chi connectivity index (χ0v) is 46.2. The highest BCUT2D eigenvalue weighted by atomic mass is 28.3. The third-order valence-corrected chi connectivity index (χ3v) is 20.6. The van der Waals surface area contributed by atoms with Crippen LogP contribution in [0.4, 0.5) is 34.1 Å². The molecule has 3 nitrogen and oxygen atoms in total. The summed E-state index contributed by atoms with van der Waals surface area (Å²) in [6.07, 6.45) is 7.03. The van der Waals surface area contributed by atoms with E-state index in [9.17, 15) is 0 Å². The molecule has 3 heterocycles. The van der Waals surface area contributed by atoms with Crippen LogP contribution in [0.25, 0.3) is 22.1 Å². The molecular weight excluding hydrogens is 864 g/mol. The molecule has 0 spiro atoms. The first kappa shape index (κ1) is 45.9. The van der Waals surface area contributed by atoms with E-state index in [-0.39, 0.29) is 39.2 Å². The summed E-state index contributed by atoms with van der Waals surface area (Å²) in [5, 5.41) is 2.71. The monoisotopic (exact) mass is 939 g/mol. The molecule has 5 aliphatic rings. The molecule has 0 radical (unpaired) electrons. The van der Waals surface area contributed by atoms with E-state index in [0.29, 0.717) is 0 Å². The smallest absolute Gasteiger partial charge is 0.297 e. The van der Waals surface area contributed by atoms with Crippen molar-refractivity contribution in [3.8, 4) is 11.1 Å². The summed E-state index contributed by atoms with van der Waals surface area (Å²) < 4.78 is 7.78. The molecule has 7 aromatic rings. The van der Waals surface area contributed by atoms with Gasteiger partial charge in [0.15, 0.2) is 0 Å². The zero-order chi connectivity index (χ0) is 49.4. The Morgan fingerprint density at radius 3 is 1.60 bits per heavy atom. The molecule has 5 heteroatoms. The number of anilines is 6. The first-order valence-corrected chi connectivity index (χ1v) is 29.7. The van der Waals surface area contributed by atoms with Crippen LogP contribution in [0, 0.1) is 6.92 Å². The first-order valence-electron chi connectivity index (χ1n) is 26.8. The van der Waals surface area contributed by atoms with Crippen molar-refractivity contribution in [1.29, 1.82) is 0 Å². The Morgan fingerprint density at radius 1 is 0.471 bits per heavy atom. The van der Waals surface area contributed by atoms with Gasteiger partial charge in [0.2, 0.25) is 0 Å². The Morgan fingerprint density at radius 2 is 1.00 bits per heavy atom. The van der Waals surface area contributed by atoms with Crippen LogP contribution in [0.15, 0.2) is 108 Å². The van der Waals surface area contributed by atoms with Gasteiger partial charge in [0, 0.05) is 33.8 Å². The highest BCUT2D eigenvalue weighted by Gasteiger charge is 2.50. The summed E-state index contributed by atoms with van der Waals surface area (Å²) in [4.78, 5) is 5.40. The fourth-order valence-corrected chi connectivity index (χ4v) is 15.3. The largest absolute Gasteiger partial charge is 0.468 e. The van der Waals surface area contributed by atoms with Gasteiger partial charge in [-0.15, -0.1) is 0 Å². The number of hydrogen-bond acceptors (Lipinski definition) is 3. The van der Waals surface area contributed by atoms with Gasteiger partial charge < -0.3 is 14.2 Å². The van der Waals surface area contributed by atoms with E-state index in [4.69, 9.17) is 4.42 Å². The lowest BCUT2D eigenvalue weighted by atomic mass is 9.35. The average Bonchev–Trinajstić information content (AvgIpc) is 3.68. The van der Waals surface area contributed by atoms with Crippen LogP contribution in [0.3, 0.4) is 0 Å². The summed E-state index contributed by atoms with van der Waals surface area (Å²) in [5.74, 6) is 0. The molecule has 12 rings (SSSR count). The van der Waals surface area contributed by atoms with Crippen molar-refractivity contribution in [3.05, 3.63) is 142 Å². The van der Waals surface area contributed by atoms with E-state index in [2.05, 4.69) is 216 Å². The van der Waals surface area contributed by atoms with Crippen molar-refractivity contribution in [1.82, 2.24) is 0 Å². The first-order chi connectivity index (χ1) is 32.9. The Bertz CT molecular complexity index is 3340. The predicted octanol–water partition coefficient (Wildman–Crippen LogP) is 15.2. The fraction of sp³-hybridized carbons (Fsp3) is 0.415. The summed E-state index contributed by atoms with van der Waals surface area (Å²) in [6, 6.07) is 41.3. The lowest BCUT2D eigenvalue weighted by Crippen LogP contribution is -2.61. The minimum Gasteiger partial charge on any atom is -0.468 e. The summed E-state index contributed by atoms with van der Waals surface area (Å²) in [7, 11) is -1.39. The molecule has 358 valence electrons. The number of hydrogen-bond donors (Lipinski definition) is 0. The Kier molecular flexibility index (Phi) is 9.76. The van der Waals surface area contributed by atoms with Crippen LogP contribution in [0.1, 0.15) is 161 Å². The molecule has 0 saturated carbocycles. The SMILES string of the molecule is Cc1cc2c3c(c1)N(c1cc(-c4ccccc4)ccc1[SiH](C)C)c1c(oc4cc5c(cc14)C(C)(C)CCC5(C)C)B3c1cc3c(cc1N2c1ccc2c(c1)C(C)(C)CCC2(C)C)C(C)(C)CCC3(C)C. The Balaban J connectivity index is 1.23. The van der Waals surface area contributed by atoms with Crippen molar-refractivity contribution in [3.63, 3.8) is 0 Å².